The largest absolute Gasteiger partial charge is 0.472 e. The summed E-state index contributed by atoms with van der Waals surface area (Å²) in [5.74, 6) is -0.871. The minimum Gasteiger partial charge on any atom is -0.462 e. The molecule has 0 bridgehead atoms. The summed E-state index contributed by atoms with van der Waals surface area (Å²) in [5.41, 5.74) is 5.36. The molecule has 0 saturated carbocycles. The smallest absolute Gasteiger partial charge is 0.462 e. The maximum Gasteiger partial charge on any atom is 0.472 e. The second kappa shape index (κ2) is 51.8. The first-order chi connectivity index (χ1) is 32.8. The lowest BCUT2D eigenvalue weighted by molar-refractivity contribution is -0.161. The van der Waals surface area contributed by atoms with Crippen LogP contribution < -0.4 is 5.73 Å². The Hall–Kier alpha value is -3.59. The molecular weight excluding hydrogens is 858 g/mol. The number of esters is 2. The van der Waals surface area contributed by atoms with Crippen molar-refractivity contribution >= 4 is 19.8 Å². The van der Waals surface area contributed by atoms with Gasteiger partial charge in [0, 0.05) is 19.4 Å². The molecule has 380 valence electrons. The molecular formula is C57H94NO8P. The maximum atomic E-state index is 12.7. The summed E-state index contributed by atoms with van der Waals surface area (Å²) in [5, 5.41) is 0. The Kier molecular flexibility index (Phi) is 49.0. The van der Waals surface area contributed by atoms with E-state index in [1.54, 1.807) is 0 Å². The summed E-state index contributed by atoms with van der Waals surface area (Å²) in [7, 11) is -4.40. The highest BCUT2D eigenvalue weighted by Crippen LogP contribution is 2.43. The van der Waals surface area contributed by atoms with Gasteiger partial charge in [-0.3, -0.25) is 18.6 Å². The minimum atomic E-state index is -4.40. The molecule has 0 amide bonds. The molecule has 10 heteroatoms. The van der Waals surface area contributed by atoms with Gasteiger partial charge >= 0.3 is 19.8 Å². The van der Waals surface area contributed by atoms with Crippen LogP contribution in [0.3, 0.4) is 0 Å². The predicted molar refractivity (Wildman–Crippen MR) is 284 cm³/mol. The second-order valence-corrected chi connectivity index (χ2v) is 18.1. The number of carbonyl (C=O) groups excluding carboxylic acids is 2. The molecule has 0 aliphatic carbocycles. The van der Waals surface area contributed by atoms with Crippen LogP contribution in [0.25, 0.3) is 0 Å². The summed E-state index contributed by atoms with van der Waals surface area (Å²) in [6.45, 7) is 3.54. The lowest BCUT2D eigenvalue weighted by Gasteiger charge is -2.19. The van der Waals surface area contributed by atoms with E-state index >= 15 is 0 Å². The molecule has 2 unspecified atom stereocenters. The normalized spacial score (nSPS) is 14.1. The van der Waals surface area contributed by atoms with Crippen LogP contribution >= 0.6 is 7.82 Å². The van der Waals surface area contributed by atoms with Crippen LogP contribution in [0.4, 0.5) is 0 Å². The third kappa shape index (κ3) is 51.6. The van der Waals surface area contributed by atoms with E-state index in [9.17, 15) is 19.0 Å². The van der Waals surface area contributed by atoms with Gasteiger partial charge in [-0.2, -0.15) is 0 Å². The Labute approximate surface area is 409 Å². The molecule has 0 radical (unpaired) electrons. The van der Waals surface area contributed by atoms with E-state index in [0.717, 1.165) is 128 Å². The number of rotatable bonds is 47. The van der Waals surface area contributed by atoms with Crippen LogP contribution in [0.2, 0.25) is 0 Å². The molecule has 0 aromatic carbocycles. The molecule has 2 atom stereocenters. The highest BCUT2D eigenvalue weighted by molar-refractivity contribution is 7.47. The number of phosphoric ester groups is 1. The fourth-order valence-corrected chi connectivity index (χ4v) is 7.27. The molecule has 0 aliphatic rings. The molecule has 3 N–H and O–H groups in total. The summed E-state index contributed by atoms with van der Waals surface area (Å²) in [4.78, 5) is 35.0. The van der Waals surface area contributed by atoms with Crippen molar-refractivity contribution in [1.82, 2.24) is 0 Å². The van der Waals surface area contributed by atoms with E-state index in [2.05, 4.69) is 135 Å². The van der Waals surface area contributed by atoms with Crippen molar-refractivity contribution in [3.63, 3.8) is 0 Å². The lowest BCUT2D eigenvalue weighted by Crippen LogP contribution is -2.29. The molecule has 0 fully saturated rings. The number of phosphoric acid groups is 1. The van der Waals surface area contributed by atoms with Gasteiger partial charge in [-0.1, -0.05) is 193 Å². The standard InChI is InChI=1S/C57H94NO8P/c1-3-5-7-9-11-13-15-17-19-20-21-22-23-24-25-26-27-28-29-30-31-32-33-34-36-38-40-42-44-46-48-50-57(60)66-55(54-65-67(61,62)64-52-51-58)53-63-56(59)49-47-45-43-41-39-37-35-18-16-14-12-10-8-6-4-2/h5,7,11-14,17-19,21-22,24-25,27-28,30-31,33-35,55H,3-4,6,8-10,15-16,20,23,26,29,32,36-54,58H2,1-2H3,(H,61,62)/b7-5-,13-11-,14-12-,19-17-,22-21-,25-24-,28-27-,31-30-,34-33-,35-18-. The molecule has 0 spiro atoms. The van der Waals surface area contributed by atoms with Gasteiger partial charge in [-0.15, -0.1) is 0 Å². The number of carbonyl (C=O) groups is 2. The van der Waals surface area contributed by atoms with Crippen molar-refractivity contribution in [3.05, 3.63) is 122 Å². The quantitative estimate of drug-likeness (QED) is 0.0265. The van der Waals surface area contributed by atoms with Gasteiger partial charge in [0.25, 0.3) is 0 Å². The molecule has 0 aliphatic heterocycles. The number of allylic oxidation sites excluding steroid dienone is 20. The predicted octanol–water partition coefficient (Wildman–Crippen LogP) is 16.1. The van der Waals surface area contributed by atoms with Crippen LogP contribution in [0.15, 0.2) is 122 Å². The Morgan fingerprint density at radius 2 is 0.821 bits per heavy atom. The van der Waals surface area contributed by atoms with E-state index in [1.807, 2.05) is 0 Å². The van der Waals surface area contributed by atoms with Gasteiger partial charge in [-0.25, -0.2) is 4.57 Å². The molecule has 9 nitrogen and oxygen atoms in total. The average molecular weight is 952 g/mol. The van der Waals surface area contributed by atoms with Gasteiger partial charge < -0.3 is 20.1 Å². The first kappa shape index (κ1) is 63.4. The average Bonchev–Trinajstić information content (AvgIpc) is 3.32. The zero-order chi connectivity index (χ0) is 48.8. The van der Waals surface area contributed by atoms with Gasteiger partial charge in [0.2, 0.25) is 0 Å². The molecule has 0 aromatic heterocycles. The van der Waals surface area contributed by atoms with E-state index in [-0.39, 0.29) is 32.6 Å². The lowest BCUT2D eigenvalue weighted by atomic mass is 10.1. The van der Waals surface area contributed by atoms with E-state index in [1.165, 1.54) is 25.7 Å². The fourth-order valence-electron chi connectivity index (χ4n) is 6.50. The van der Waals surface area contributed by atoms with Gasteiger partial charge in [0.1, 0.15) is 6.61 Å². The summed E-state index contributed by atoms with van der Waals surface area (Å²) < 4.78 is 32.9. The topological polar surface area (TPSA) is 134 Å². The Morgan fingerprint density at radius 3 is 1.22 bits per heavy atom. The number of ether oxygens (including phenoxy) is 2. The Balaban J connectivity index is 4.11. The van der Waals surface area contributed by atoms with Gasteiger partial charge in [-0.05, 0) is 109 Å². The van der Waals surface area contributed by atoms with E-state index in [4.69, 9.17) is 24.3 Å². The highest BCUT2D eigenvalue weighted by atomic mass is 31.2. The number of nitrogens with two attached hydrogens (primary N) is 1. The SMILES string of the molecule is CC/C=C\C/C=C\C/C=C\C/C=C\C/C=C\C/C=C\C/C=C\C/C=C\CCCCCCCCC(=O)OC(COC(=O)CCCCCCC/C=C\C/C=C\CCCCC)COP(=O)(O)OCCN. The maximum absolute atomic E-state index is 12.7. The van der Waals surface area contributed by atoms with Crippen molar-refractivity contribution < 1.29 is 37.6 Å². The van der Waals surface area contributed by atoms with E-state index < -0.39 is 32.5 Å². The fraction of sp³-hybridized carbons (Fsp3) is 0.614. The summed E-state index contributed by atoms with van der Waals surface area (Å²) in [6, 6.07) is 0. The molecule has 0 aromatic rings. The van der Waals surface area contributed by atoms with E-state index in [0.29, 0.717) is 12.8 Å². The van der Waals surface area contributed by atoms with Crippen molar-refractivity contribution in [2.45, 2.75) is 200 Å². The minimum absolute atomic E-state index is 0.0420. The first-order valence-electron chi connectivity index (χ1n) is 26.0. The number of hydrogen-bond acceptors (Lipinski definition) is 8. The van der Waals surface area contributed by atoms with Crippen LogP contribution in [0, 0.1) is 0 Å². The summed E-state index contributed by atoms with van der Waals surface area (Å²) in [6.07, 6.45) is 70.9. The van der Waals surface area contributed by atoms with Crippen LogP contribution in [0.5, 0.6) is 0 Å². The highest BCUT2D eigenvalue weighted by Gasteiger charge is 2.26. The Morgan fingerprint density at radius 1 is 0.463 bits per heavy atom. The van der Waals surface area contributed by atoms with Crippen LogP contribution in [-0.2, 0) is 32.7 Å². The van der Waals surface area contributed by atoms with Crippen LogP contribution in [-0.4, -0.2) is 49.3 Å². The zero-order valence-electron chi connectivity index (χ0n) is 42.1. The molecule has 0 saturated heterocycles. The Bertz CT molecular complexity index is 1500. The van der Waals surface area contributed by atoms with Crippen molar-refractivity contribution in [1.29, 1.82) is 0 Å². The van der Waals surface area contributed by atoms with Crippen molar-refractivity contribution in [2.24, 2.45) is 5.73 Å². The molecule has 0 heterocycles. The molecule has 67 heavy (non-hydrogen) atoms. The van der Waals surface area contributed by atoms with Gasteiger partial charge in [0.15, 0.2) is 6.10 Å². The third-order valence-electron chi connectivity index (χ3n) is 10.3. The second-order valence-electron chi connectivity index (χ2n) is 16.7. The van der Waals surface area contributed by atoms with Gasteiger partial charge in [0.05, 0.1) is 13.2 Å². The zero-order valence-corrected chi connectivity index (χ0v) is 43.0. The third-order valence-corrected chi connectivity index (χ3v) is 11.3. The number of hydrogen-bond donors (Lipinski definition) is 2. The number of unbranched alkanes of at least 4 members (excludes halogenated alkanes) is 14. The van der Waals surface area contributed by atoms with Crippen molar-refractivity contribution in [2.75, 3.05) is 26.4 Å². The monoisotopic (exact) mass is 952 g/mol. The molecule has 0 rings (SSSR count). The van der Waals surface area contributed by atoms with Crippen molar-refractivity contribution in [3.8, 4) is 0 Å². The summed E-state index contributed by atoms with van der Waals surface area (Å²) >= 11 is 0. The van der Waals surface area contributed by atoms with Crippen LogP contribution in [0.1, 0.15) is 194 Å². The first-order valence-corrected chi connectivity index (χ1v) is 27.5.